The summed E-state index contributed by atoms with van der Waals surface area (Å²) >= 11 is 0. The normalized spacial score (nSPS) is 19.8. The average Bonchev–Trinajstić information content (AvgIpc) is 2.70. The van der Waals surface area contributed by atoms with Crippen molar-refractivity contribution in [2.45, 2.75) is 26.3 Å². The van der Waals surface area contributed by atoms with Crippen LogP contribution in [0.3, 0.4) is 0 Å². The smallest absolute Gasteiger partial charge is 0.253 e. The van der Waals surface area contributed by atoms with Gasteiger partial charge in [0.2, 0.25) is 0 Å². The van der Waals surface area contributed by atoms with Crippen molar-refractivity contribution in [2.24, 2.45) is 0 Å². The van der Waals surface area contributed by atoms with E-state index in [1.807, 2.05) is 26.0 Å². The first-order valence-corrected chi connectivity index (χ1v) is 5.62. The minimum absolute atomic E-state index is 0.0151. The van der Waals surface area contributed by atoms with Crippen LogP contribution >= 0.6 is 0 Å². The SMILES string of the molecule is Cc1ccc(C(=O)N[C@@H]2CCNC2)c(C)n1. The van der Waals surface area contributed by atoms with Gasteiger partial charge in [-0.25, -0.2) is 0 Å². The van der Waals surface area contributed by atoms with Crippen LogP contribution in [0.25, 0.3) is 0 Å². The minimum atomic E-state index is -0.0151. The first-order chi connectivity index (χ1) is 7.66. The molecule has 1 saturated heterocycles. The summed E-state index contributed by atoms with van der Waals surface area (Å²) in [5, 5.41) is 6.24. The summed E-state index contributed by atoms with van der Waals surface area (Å²) in [6.45, 7) is 5.64. The lowest BCUT2D eigenvalue weighted by Gasteiger charge is -2.12. The van der Waals surface area contributed by atoms with E-state index in [0.717, 1.165) is 30.9 Å². The van der Waals surface area contributed by atoms with Gasteiger partial charge in [0.15, 0.2) is 0 Å². The summed E-state index contributed by atoms with van der Waals surface area (Å²) in [6, 6.07) is 3.97. The summed E-state index contributed by atoms with van der Waals surface area (Å²) in [6.07, 6.45) is 1.00. The summed E-state index contributed by atoms with van der Waals surface area (Å²) in [7, 11) is 0. The maximum atomic E-state index is 12.0. The Balaban J connectivity index is 2.08. The van der Waals surface area contributed by atoms with Gasteiger partial charge in [-0.2, -0.15) is 0 Å². The highest BCUT2D eigenvalue weighted by atomic mass is 16.1. The van der Waals surface area contributed by atoms with Gasteiger partial charge in [-0.05, 0) is 38.9 Å². The molecule has 1 aliphatic heterocycles. The van der Waals surface area contributed by atoms with Gasteiger partial charge in [-0.1, -0.05) is 0 Å². The zero-order valence-electron chi connectivity index (χ0n) is 9.71. The van der Waals surface area contributed by atoms with Crippen LogP contribution in [0, 0.1) is 13.8 Å². The number of hydrogen-bond donors (Lipinski definition) is 2. The second-order valence-corrected chi connectivity index (χ2v) is 4.25. The number of carbonyl (C=O) groups excluding carboxylic acids is 1. The Morgan fingerprint density at radius 3 is 2.94 bits per heavy atom. The molecule has 2 N–H and O–H groups in total. The van der Waals surface area contributed by atoms with Crippen LogP contribution in [-0.2, 0) is 0 Å². The van der Waals surface area contributed by atoms with Gasteiger partial charge in [0.05, 0.1) is 11.3 Å². The third-order valence-corrected chi connectivity index (χ3v) is 2.87. The van der Waals surface area contributed by atoms with E-state index in [9.17, 15) is 4.79 Å². The van der Waals surface area contributed by atoms with E-state index in [1.54, 1.807) is 0 Å². The molecule has 4 heteroatoms. The van der Waals surface area contributed by atoms with Crippen LogP contribution < -0.4 is 10.6 Å². The van der Waals surface area contributed by atoms with Crippen molar-refractivity contribution in [1.29, 1.82) is 0 Å². The number of aromatic nitrogens is 1. The standard InChI is InChI=1S/C12H17N3O/c1-8-3-4-11(9(2)14-8)12(16)15-10-5-6-13-7-10/h3-4,10,13H,5-7H2,1-2H3,(H,15,16)/t10-/m1/s1. The van der Waals surface area contributed by atoms with E-state index >= 15 is 0 Å². The molecule has 1 aliphatic rings. The molecule has 0 aliphatic carbocycles. The van der Waals surface area contributed by atoms with Gasteiger partial charge >= 0.3 is 0 Å². The van der Waals surface area contributed by atoms with Crippen LogP contribution in [0.15, 0.2) is 12.1 Å². The average molecular weight is 219 g/mol. The summed E-state index contributed by atoms with van der Waals surface area (Å²) in [5.41, 5.74) is 2.41. The van der Waals surface area contributed by atoms with Gasteiger partial charge in [-0.3, -0.25) is 9.78 Å². The van der Waals surface area contributed by atoms with Crippen LogP contribution in [-0.4, -0.2) is 30.0 Å². The highest BCUT2D eigenvalue weighted by Gasteiger charge is 2.18. The third kappa shape index (κ3) is 2.39. The number of nitrogens with zero attached hydrogens (tertiary/aromatic N) is 1. The summed E-state index contributed by atoms with van der Waals surface area (Å²) < 4.78 is 0. The second-order valence-electron chi connectivity index (χ2n) is 4.25. The molecule has 1 aromatic heterocycles. The molecule has 0 aromatic carbocycles. The molecule has 2 rings (SSSR count). The van der Waals surface area contributed by atoms with Gasteiger partial charge < -0.3 is 10.6 Å². The highest BCUT2D eigenvalue weighted by Crippen LogP contribution is 2.07. The second kappa shape index (κ2) is 4.61. The van der Waals surface area contributed by atoms with Gasteiger partial charge in [0.25, 0.3) is 5.91 Å². The van der Waals surface area contributed by atoms with Crippen LogP contribution in [0.2, 0.25) is 0 Å². The summed E-state index contributed by atoms with van der Waals surface area (Å²) in [5.74, 6) is -0.0151. The Kier molecular flexibility index (Phi) is 3.19. The Bertz CT molecular complexity index is 397. The lowest BCUT2D eigenvalue weighted by molar-refractivity contribution is 0.0939. The predicted molar refractivity (Wildman–Crippen MR) is 62.5 cm³/mol. The lowest BCUT2D eigenvalue weighted by Crippen LogP contribution is -2.36. The van der Waals surface area contributed by atoms with Crippen molar-refractivity contribution in [3.8, 4) is 0 Å². The van der Waals surface area contributed by atoms with Crippen molar-refractivity contribution >= 4 is 5.91 Å². The predicted octanol–water partition coefficient (Wildman–Crippen LogP) is 0.790. The van der Waals surface area contributed by atoms with Gasteiger partial charge in [-0.15, -0.1) is 0 Å². The molecule has 4 nitrogen and oxygen atoms in total. The Morgan fingerprint density at radius 2 is 2.31 bits per heavy atom. The number of pyridine rings is 1. The number of aryl methyl sites for hydroxylation is 2. The van der Waals surface area contributed by atoms with Gasteiger partial charge in [0, 0.05) is 18.3 Å². The van der Waals surface area contributed by atoms with E-state index in [2.05, 4.69) is 15.6 Å². The lowest BCUT2D eigenvalue weighted by atomic mass is 10.1. The third-order valence-electron chi connectivity index (χ3n) is 2.87. The Labute approximate surface area is 95.5 Å². The number of carbonyl (C=O) groups is 1. The molecule has 0 saturated carbocycles. The molecule has 0 spiro atoms. The van der Waals surface area contributed by atoms with E-state index in [4.69, 9.17) is 0 Å². The number of rotatable bonds is 2. The first kappa shape index (κ1) is 11.1. The molecule has 1 atom stereocenters. The van der Waals surface area contributed by atoms with Gasteiger partial charge in [0.1, 0.15) is 0 Å². The fourth-order valence-electron chi connectivity index (χ4n) is 1.97. The van der Waals surface area contributed by atoms with Crippen LogP contribution in [0.5, 0.6) is 0 Å². The maximum absolute atomic E-state index is 12.0. The van der Waals surface area contributed by atoms with Crippen molar-refractivity contribution in [3.05, 3.63) is 29.1 Å². The molecule has 16 heavy (non-hydrogen) atoms. The molecular weight excluding hydrogens is 202 g/mol. The van der Waals surface area contributed by atoms with Crippen molar-refractivity contribution < 1.29 is 4.79 Å². The zero-order chi connectivity index (χ0) is 11.5. The minimum Gasteiger partial charge on any atom is -0.348 e. The molecule has 1 fully saturated rings. The first-order valence-electron chi connectivity index (χ1n) is 5.62. The van der Waals surface area contributed by atoms with E-state index < -0.39 is 0 Å². The molecule has 0 unspecified atom stereocenters. The fraction of sp³-hybridized carbons (Fsp3) is 0.500. The van der Waals surface area contributed by atoms with E-state index in [0.29, 0.717) is 5.56 Å². The van der Waals surface area contributed by atoms with Crippen molar-refractivity contribution in [2.75, 3.05) is 13.1 Å². The topological polar surface area (TPSA) is 54.0 Å². The molecular formula is C12H17N3O. The quantitative estimate of drug-likeness (QED) is 0.773. The molecule has 0 radical (unpaired) electrons. The largest absolute Gasteiger partial charge is 0.348 e. The maximum Gasteiger partial charge on any atom is 0.253 e. The van der Waals surface area contributed by atoms with Crippen molar-refractivity contribution in [1.82, 2.24) is 15.6 Å². The van der Waals surface area contributed by atoms with Crippen LogP contribution in [0.4, 0.5) is 0 Å². The van der Waals surface area contributed by atoms with E-state index in [1.165, 1.54) is 0 Å². The number of hydrogen-bond acceptors (Lipinski definition) is 3. The Morgan fingerprint density at radius 1 is 1.50 bits per heavy atom. The molecule has 86 valence electrons. The Hall–Kier alpha value is -1.42. The monoisotopic (exact) mass is 219 g/mol. The fourth-order valence-corrected chi connectivity index (χ4v) is 1.97. The highest BCUT2D eigenvalue weighted by molar-refractivity contribution is 5.95. The van der Waals surface area contributed by atoms with Crippen LogP contribution in [0.1, 0.15) is 28.2 Å². The van der Waals surface area contributed by atoms with E-state index in [-0.39, 0.29) is 11.9 Å². The molecule has 0 bridgehead atoms. The zero-order valence-corrected chi connectivity index (χ0v) is 9.71. The molecule has 2 heterocycles. The summed E-state index contributed by atoms with van der Waals surface area (Å²) in [4.78, 5) is 16.2. The molecule has 1 aromatic rings. The molecule has 1 amide bonds. The number of amides is 1. The van der Waals surface area contributed by atoms with Crippen molar-refractivity contribution in [3.63, 3.8) is 0 Å². The number of nitrogens with one attached hydrogen (secondary N) is 2.